The van der Waals surface area contributed by atoms with Crippen LogP contribution in [-0.4, -0.2) is 54.4 Å². The van der Waals surface area contributed by atoms with Crippen molar-refractivity contribution in [3.63, 3.8) is 0 Å². The topological polar surface area (TPSA) is 97.4 Å². The van der Waals surface area contributed by atoms with Crippen LogP contribution in [-0.2, 0) is 44.7 Å². The van der Waals surface area contributed by atoms with Gasteiger partial charge in [0.1, 0.15) is 24.3 Å². The number of benzene rings is 2. The summed E-state index contributed by atoms with van der Waals surface area (Å²) in [7, 11) is 0. The second kappa shape index (κ2) is 12.5. The summed E-state index contributed by atoms with van der Waals surface area (Å²) in [5.41, 5.74) is 0.181. The normalized spacial score (nSPS) is 24.1. The van der Waals surface area contributed by atoms with Crippen LogP contribution in [0.25, 0.3) is 0 Å². The third-order valence-corrected chi connectivity index (χ3v) is 6.08. The van der Waals surface area contributed by atoms with Gasteiger partial charge in [0.15, 0.2) is 12.2 Å². The van der Waals surface area contributed by atoms with E-state index in [2.05, 4.69) is 0 Å². The minimum absolute atomic E-state index is 0.156. The molecule has 1 aliphatic rings. The standard InChI is InChI=1S/C25H28O8S/c1-16(26)29-15-21-22(31-17(2)27)23(30-14-19-10-6-4-7-11-19)24(32-18(3)28)25(33-21)34-20-12-8-5-9-13-20/h4-13,21-25H,14-15H2,1-3H3/t21-,22+,23+,24-,25?/m1/s1. The lowest BCUT2D eigenvalue weighted by molar-refractivity contribution is -0.241. The van der Waals surface area contributed by atoms with E-state index in [1.807, 2.05) is 60.7 Å². The highest BCUT2D eigenvalue weighted by Crippen LogP contribution is 2.37. The fraction of sp³-hybridized carbons (Fsp3) is 0.400. The number of carbonyl (C=O) groups is 3. The molecule has 0 N–H and O–H groups in total. The maximum absolute atomic E-state index is 12.0. The van der Waals surface area contributed by atoms with Gasteiger partial charge in [0.05, 0.1) is 6.61 Å². The first-order chi connectivity index (χ1) is 16.3. The van der Waals surface area contributed by atoms with E-state index < -0.39 is 47.8 Å². The van der Waals surface area contributed by atoms with Gasteiger partial charge in [0.2, 0.25) is 0 Å². The molecule has 182 valence electrons. The summed E-state index contributed by atoms with van der Waals surface area (Å²) in [5.74, 6) is -1.59. The smallest absolute Gasteiger partial charge is 0.303 e. The Morgan fingerprint density at radius 3 is 1.97 bits per heavy atom. The molecule has 0 aromatic heterocycles. The molecule has 1 heterocycles. The molecule has 0 amide bonds. The molecular weight excluding hydrogens is 460 g/mol. The van der Waals surface area contributed by atoms with Crippen molar-refractivity contribution >= 4 is 29.7 Å². The highest BCUT2D eigenvalue weighted by atomic mass is 32.2. The fourth-order valence-electron chi connectivity index (χ4n) is 3.55. The van der Waals surface area contributed by atoms with Gasteiger partial charge in [0.25, 0.3) is 0 Å². The van der Waals surface area contributed by atoms with Gasteiger partial charge in [-0.25, -0.2) is 0 Å². The van der Waals surface area contributed by atoms with Crippen molar-refractivity contribution in [1.82, 2.24) is 0 Å². The summed E-state index contributed by atoms with van der Waals surface area (Å²) in [6.07, 6.45) is -3.58. The van der Waals surface area contributed by atoms with Gasteiger partial charge in [-0.15, -0.1) is 0 Å². The van der Waals surface area contributed by atoms with Crippen LogP contribution in [0.3, 0.4) is 0 Å². The molecule has 1 fully saturated rings. The molecule has 1 aliphatic heterocycles. The summed E-state index contributed by atoms with van der Waals surface area (Å²) in [5, 5.41) is 0. The molecule has 0 bridgehead atoms. The van der Waals surface area contributed by atoms with Crippen molar-refractivity contribution in [2.24, 2.45) is 0 Å². The van der Waals surface area contributed by atoms with Crippen LogP contribution >= 0.6 is 11.8 Å². The predicted molar refractivity (Wildman–Crippen MR) is 124 cm³/mol. The summed E-state index contributed by atoms with van der Waals surface area (Å²) in [6, 6.07) is 18.9. The lowest BCUT2D eigenvalue weighted by atomic mass is 9.99. The van der Waals surface area contributed by atoms with Gasteiger partial charge < -0.3 is 23.7 Å². The predicted octanol–water partition coefficient (Wildman–Crippen LogP) is 3.52. The van der Waals surface area contributed by atoms with Crippen molar-refractivity contribution < 1.29 is 38.1 Å². The molecule has 9 heteroatoms. The van der Waals surface area contributed by atoms with Gasteiger partial charge in [-0.2, -0.15) is 0 Å². The number of esters is 3. The fourth-order valence-corrected chi connectivity index (χ4v) is 4.67. The average molecular weight is 489 g/mol. The first-order valence-corrected chi connectivity index (χ1v) is 11.7. The Balaban J connectivity index is 1.95. The van der Waals surface area contributed by atoms with Crippen molar-refractivity contribution in [2.75, 3.05) is 6.61 Å². The van der Waals surface area contributed by atoms with Gasteiger partial charge in [-0.1, -0.05) is 60.3 Å². The van der Waals surface area contributed by atoms with Gasteiger partial charge in [-0.05, 0) is 17.7 Å². The molecule has 3 rings (SSSR count). The Labute approximate surface area is 202 Å². The van der Waals surface area contributed by atoms with Crippen molar-refractivity contribution in [2.45, 2.75) is 62.1 Å². The number of hydrogen-bond donors (Lipinski definition) is 0. The van der Waals surface area contributed by atoms with E-state index in [0.29, 0.717) is 0 Å². The highest BCUT2D eigenvalue weighted by Gasteiger charge is 2.51. The van der Waals surface area contributed by atoms with Gasteiger partial charge in [-0.3, -0.25) is 14.4 Å². The van der Waals surface area contributed by atoms with Crippen LogP contribution in [0.1, 0.15) is 26.3 Å². The second-order valence-electron chi connectivity index (χ2n) is 7.69. The van der Waals surface area contributed by atoms with Crippen LogP contribution in [0.15, 0.2) is 65.6 Å². The van der Waals surface area contributed by atoms with Crippen molar-refractivity contribution in [3.8, 4) is 0 Å². The zero-order chi connectivity index (χ0) is 24.5. The summed E-state index contributed by atoms with van der Waals surface area (Å²) in [6.45, 7) is 3.87. The molecule has 2 aromatic carbocycles. The quantitative estimate of drug-likeness (QED) is 0.388. The van der Waals surface area contributed by atoms with Crippen LogP contribution in [0.4, 0.5) is 0 Å². The van der Waals surface area contributed by atoms with Crippen LogP contribution in [0, 0.1) is 0 Å². The van der Waals surface area contributed by atoms with E-state index >= 15 is 0 Å². The molecular formula is C25H28O8S. The molecule has 0 radical (unpaired) electrons. The SMILES string of the molecule is CC(=O)OC[C@H]1OC(Sc2ccccc2)[C@H](OC(C)=O)[C@@H](OCc2ccccc2)[C@H]1OC(C)=O. The highest BCUT2D eigenvalue weighted by molar-refractivity contribution is 7.99. The monoisotopic (exact) mass is 488 g/mol. The molecule has 2 aromatic rings. The lowest BCUT2D eigenvalue weighted by Gasteiger charge is -2.44. The minimum atomic E-state index is -0.975. The Bertz CT molecular complexity index is 952. The molecule has 1 unspecified atom stereocenters. The number of hydrogen-bond acceptors (Lipinski definition) is 9. The zero-order valence-corrected chi connectivity index (χ0v) is 20.1. The first kappa shape index (κ1) is 25.7. The Hall–Kier alpha value is -2.88. The van der Waals surface area contributed by atoms with Crippen LogP contribution < -0.4 is 0 Å². The van der Waals surface area contributed by atoms with Crippen molar-refractivity contribution in [1.29, 1.82) is 0 Å². The van der Waals surface area contributed by atoms with E-state index in [1.165, 1.54) is 32.5 Å². The Morgan fingerprint density at radius 2 is 1.38 bits per heavy atom. The summed E-state index contributed by atoms with van der Waals surface area (Å²) in [4.78, 5) is 36.4. The maximum atomic E-state index is 12.0. The van der Waals surface area contributed by atoms with E-state index in [9.17, 15) is 14.4 Å². The maximum Gasteiger partial charge on any atom is 0.303 e. The Kier molecular flexibility index (Phi) is 9.50. The number of ether oxygens (including phenoxy) is 5. The van der Waals surface area contributed by atoms with Gasteiger partial charge in [0, 0.05) is 25.7 Å². The minimum Gasteiger partial charge on any atom is -0.463 e. The third-order valence-electron chi connectivity index (χ3n) is 4.93. The first-order valence-electron chi connectivity index (χ1n) is 10.8. The summed E-state index contributed by atoms with van der Waals surface area (Å²) >= 11 is 1.34. The summed E-state index contributed by atoms with van der Waals surface area (Å²) < 4.78 is 28.8. The van der Waals surface area contributed by atoms with Crippen molar-refractivity contribution in [3.05, 3.63) is 66.2 Å². The molecule has 5 atom stereocenters. The molecule has 34 heavy (non-hydrogen) atoms. The van der Waals surface area contributed by atoms with Gasteiger partial charge >= 0.3 is 17.9 Å². The van der Waals surface area contributed by atoms with Crippen LogP contribution in [0.2, 0.25) is 0 Å². The second-order valence-corrected chi connectivity index (χ2v) is 8.86. The average Bonchev–Trinajstić information content (AvgIpc) is 2.80. The zero-order valence-electron chi connectivity index (χ0n) is 19.2. The molecule has 1 saturated heterocycles. The number of thioether (sulfide) groups is 1. The van der Waals surface area contributed by atoms with E-state index in [-0.39, 0.29) is 13.2 Å². The molecule has 0 spiro atoms. The lowest BCUT2D eigenvalue weighted by Crippen LogP contribution is -2.61. The number of rotatable bonds is 9. The Morgan fingerprint density at radius 1 is 0.794 bits per heavy atom. The third kappa shape index (κ3) is 7.58. The molecule has 0 saturated carbocycles. The number of carbonyl (C=O) groups excluding carboxylic acids is 3. The van der Waals surface area contributed by atoms with E-state index in [0.717, 1.165) is 10.5 Å². The van der Waals surface area contributed by atoms with E-state index in [1.54, 1.807) is 0 Å². The van der Waals surface area contributed by atoms with Crippen LogP contribution in [0.5, 0.6) is 0 Å². The van der Waals surface area contributed by atoms with E-state index in [4.69, 9.17) is 23.7 Å². The largest absolute Gasteiger partial charge is 0.463 e. The molecule has 8 nitrogen and oxygen atoms in total. The molecule has 0 aliphatic carbocycles.